The van der Waals surface area contributed by atoms with Gasteiger partial charge in [-0.1, -0.05) is 19.8 Å². The van der Waals surface area contributed by atoms with Crippen LogP contribution in [0, 0.1) is 0 Å². The van der Waals surface area contributed by atoms with Gasteiger partial charge < -0.3 is 9.84 Å². The molecule has 14 heavy (non-hydrogen) atoms. The molecule has 1 atom stereocenters. The third kappa shape index (κ3) is 7.58. The summed E-state index contributed by atoms with van der Waals surface area (Å²) in [5.74, 6) is -1.79. The fraction of sp³-hybridized carbons (Fsp3) is 0.800. The smallest absolute Gasteiger partial charge is 0.317 e. The summed E-state index contributed by atoms with van der Waals surface area (Å²) < 4.78 is 4.89. The Balaban J connectivity index is 3.55. The van der Waals surface area contributed by atoms with Gasteiger partial charge in [0.2, 0.25) is 0 Å². The first-order chi connectivity index (χ1) is 6.56. The minimum atomic E-state index is -1.14. The molecule has 4 heteroatoms. The van der Waals surface area contributed by atoms with E-state index in [9.17, 15) is 9.59 Å². The van der Waals surface area contributed by atoms with Gasteiger partial charge in [-0.3, -0.25) is 9.59 Å². The number of rotatable bonds is 7. The van der Waals surface area contributed by atoms with E-state index in [0.29, 0.717) is 0 Å². The van der Waals surface area contributed by atoms with E-state index in [1.807, 2.05) is 0 Å². The molecule has 0 fully saturated rings. The molecule has 0 aliphatic rings. The molecule has 1 N–H and O–H groups in total. The Hall–Kier alpha value is -1.06. The Morgan fingerprint density at radius 3 is 2.50 bits per heavy atom. The van der Waals surface area contributed by atoms with Crippen LogP contribution in [0.2, 0.25) is 0 Å². The molecule has 4 nitrogen and oxygen atoms in total. The van der Waals surface area contributed by atoms with Gasteiger partial charge in [-0.2, -0.15) is 0 Å². The average molecular weight is 202 g/mol. The molecule has 0 aromatic rings. The van der Waals surface area contributed by atoms with Crippen LogP contribution in [0.15, 0.2) is 0 Å². The molecular weight excluding hydrogens is 184 g/mol. The number of unbranched alkanes of at least 4 members (excludes halogenated alkanes) is 2. The van der Waals surface area contributed by atoms with Crippen LogP contribution in [0.3, 0.4) is 0 Å². The summed E-state index contributed by atoms with van der Waals surface area (Å²) >= 11 is 0. The first-order valence-electron chi connectivity index (χ1n) is 4.97. The summed E-state index contributed by atoms with van der Waals surface area (Å²) in [6.07, 6.45) is 3.33. The SMILES string of the molecule is CCCCCC(C)OC(=O)CC(=O)O. The van der Waals surface area contributed by atoms with Crippen molar-refractivity contribution in [2.45, 2.75) is 52.1 Å². The molecule has 0 saturated carbocycles. The maximum atomic E-state index is 10.9. The van der Waals surface area contributed by atoms with E-state index in [2.05, 4.69) is 6.92 Å². The number of carbonyl (C=O) groups excluding carboxylic acids is 1. The fourth-order valence-corrected chi connectivity index (χ4v) is 1.13. The highest BCUT2D eigenvalue weighted by atomic mass is 16.5. The third-order valence-corrected chi connectivity index (χ3v) is 1.84. The fourth-order valence-electron chi connectivity index (χ4n) is 1.13. The van der Waals surface area contributed by atoms with Crippen LogP contribution in [0.4, 0.5) is 0 Å². The summed E-state index contributed by atoms with van der Waals surface area (Å²) in [6, 6.07) is 0. The van der Waals surface area contributed by atoms with Crippen molar-refractivity contribution in [3.63, 3.8) is 0 Å². The van der Waals surface area contributed by atoms with Crippen molar-refractivity contribution in [3.8, 4) is 0 Å². The quantitative estimate of drug-likeness (QED) is 0.389. The lowest BCUT2D eigenvalue weighted by atomic mass is 10.1. The molecule has 0 saturated heterocycles. The number of carbonyl (C=O) groups is 2. The number of aliphatic carboxylic acids is 1. The van der Waals surface area contributed by atoms with E-state index < -0.39 is 18.4 Å². The van der Waals surface area contributed by atoms with Crippen LogP contribution in [0.1, 0.15) is 46.0 Å². The van der Waals surface area contributed by atoms with Crippen molar-refractivity contribution in [2.75, 3.05) is 0 Å². The number of carboxylic acid groups (broad SMARTS) is 1. The maximum Gasteiger partial charge on any atom is 0.317 e. The molecule has 0 aromatic heterocycles. The zero-order chi connectivity index (χ0) is 11.0. The standard InChI is InChI=1S/C10H18O4/c1-3-4-5-6-8(2)14-10(13)7-9(11)12/h8H,3-7H2,1-2H3,(H,11,12). The number of hydrogen-bond acceptors (Lipinski definition) is 3. The third-order valence-electron chi connectivity index (χ3n) is 1.84. The van der Waals surface area contributed by atoms with Crippen LogP contribution >= 0.6 is 0 Å². The zero-order valence-electron chi connectivity index (χ0n) is 8.78. The van der Waals surface area contributed by atoms with Crippen LogP contribution in [-0.2, 0) is 14.3 Å². The molecule has 0 amide bonds. The van der Waals surface area contributed by atoms with Gasteiger partial charge in [0.05, 0.1) is 6.10 Å². The molecule has 0 aliphatic carbocycles. The van der Waals surface area contributed by atoms with E-state index >= 15 is 0 Å². The van der Waals surface area contributed by atoms with Crippen molar-refractivity contribution < 1.29 is 19.4 Å². The summed E-state index contributed by atoms with van der Waals surface area (Å²) in [5, 5.41) is 8.31. The Morgan fingerprint density at radius 2 is 2.00 bits per heavy atom. The molecule has 1 unspecified atom stereocenters. The van der Waals surface area contributed by atoms with Crippen molar-refractivity contribution in [3.05, 3.63) is 0 Å². The normalized spacial score (nSPS) is 12.1. The predicted octanol–water partition coefficient (Wildman–Crippen LogP) is 1.97. The van der Waals surface area contributed by atoms with E-state index in [1.54, 1.807) is 6.92 Å². The highest BCUT2D eigenvalue weighted by Crippen LogP contribution is 2.06. The van der Waals surface area contributed by atoms with E-state index in [-0.39, 0.29) is 6.10 Å². The minimum absolute atomic E-state index is 0.173. The lowest BCUT2D eigenvalue weighted by Gasteiger charge is -2.11. The molecule has 0 rings (SSSR count). The Bertz CT molecular complexity index is 189. The van der Waals surface area contributed by atoms with E-state index in [1.165, 1.54) is 0 Å². The summed E-state index contributed by atoms with van der Waals surface area (Å²) in [7, 11) is 0. The number of hydrogen-bond donors (Lipinski definition) is 1. The Kier molecular flexibility index (Phi) is 6.80. The second-order valence-corrected chi connectivity index (χ2v) is 3.37. The van der Waals surface area contributed by atoms with Gasteiger partial charge in [-0.15, -0.1) is 0 Å². The first kappa shape index (κ1) is 12.9. The monoisotopic (exact) mass is 202 g/mol. The van der Waals surface area contributed by atoms with Gasteiger partial charge in [0, 0.05) is 0 Å². The van der Waals surface area contributed by atoms with Gasteiger partial charge >= 0.3 is 11.9 Å². The second-order valence-electron chi connectivity index (χ2n) is 3.37. The van der Waals surface area contributed by atoms with E-state index in [0.717, 1.165) is 25.7 Å². The van der Waals surface area contributed by atoms with E-state index in [4.69, 9.17) is 9.84 Å². The van der Waals surface area contributed by atoms with Gasteiger partial charge in [-0.25, -0.2) is 0 Å². The lowest BCUT2D eigenvalue weighted by Crippen LogP contribution is -2.17. The second kappa shape index (κ2) is 7.35. The summed E-state index contributed by atoms with van der Waals surface area (Å²) in [6.45, 7) is 3.89. The molecular formula is C10H18O4. The molecule has 0 aromatic carbocycles. The summed E-state index contributed by atoms with van der Waals surface area (Å²) in [4.78, 5) is 21.0. The van der Waals surface area contributed by atoms with Crippen molar-refractivity contribution in [1.82, 2.24) is 0 Å². The van der Waals surface area contributed by atoms with Gasteiger partial charge in [0.1, 0.15) is 6.42 Å². The number of ether oxygens (including phenoxy) is 1. The number of esters is 1. The molecule has 0 aliphatic heterocycles. The maximum absolute atomic E-state index is 10.9. The average Bonchev–Trinajstić information content (AvgIpc) is 2.02. The van der Waals surface area contributed by atoms with Crippen molar-refractivity contribution >= 4 is 11.9 Å². The van der Waals surface area contributed by atoms with Crippen LogP contribution < -0.4 is 0 Å². The summed E-state index contributed by atoms with van der Waals surface area (Å²) in [5.41, 5.74) is 0. The molecule has 0 heterocycles. The highest BCUT2D eigenvalue weighted by molar-refractivity contribution is 5.90. The molecule has 0 spiro atoms. The topological polar surface area (TPSA) is 63.6 Å². The van der Waals surface area contributed by atoms with Crippen LogP contribution in [-0.4, -0.2) is 23.1 Å². The van der Waals surface area contributed by atoms with Crippen LogP contribution in [0.5, 0.6) is 0 Å². The number of carboxylic acids is 1. The molecule has 82 valence electrons. The molecule has 0 bridgehead atoms. The van der Waals surface area contributed by atoms with Crippen molar-refractivity contribution in [1.29, 1.82) is 0 Å². The van der Waals surface area contributed by atoms with Crippen molar-refractivity contribution in [2.24, 2.45) is 0 Å². The highest BCUT2D eigenvalue weighted by Gasteiger charge is 2.12. The van der Waals surface area contributed by atoms with Gasteiger partial charge in [-0.05, 0) is 19.8 Å². The predicted molar refractivity (Wildman–Crippen MR) is 51.9 cm³/mol. The van der Waals surface area contributed by atoms with Crippen LogP contribution in [0.25, 0.3) is 0 Å². The van der Waals surface area contributed by atoms with Gasteiger partial charge in [0.25, 0.3) is 0 Å². The Morgan fingerprint density at radius 1 is 1.36 bits per heavy atom. The first-order valence-corrected chi connectivity index (χ1v) is 4.97. The minimum Gasteiger partial charge on any atom is -0.481 e. The lowest BCUT2D eigenvalue weighted by molar-refractivity contribution is -0.154. The largest absolute Gasteiger partial charge is 0.481 e. The molecule has 0 radical (unpaired) electrons. The van der Waals surface area contributed by atoms with Gasteiger partial charge in [0.15, 0.2) is 0 Å². The Labute approximate surface area is 84.3 Å². The zero-order valence-corrected chi connectivity index (χ0v) is 8.78.